The van der Waals surface area contributed by atoms with Gasteiger partial charge in [0.05, 0.1) is 11.8 Å². The molecule has 1 aliphatic rings. The van der Waals surface area contributed by atoms with E-state index in [2.05, 4.69) is 56.2 Å². The Kier molecular flexibility index (Phi) is 4.44. The van der Waals surface area contributed by atoms with E-state index >= 15 is 0 Å². The number of nitrogens with zero attached hydrogens (tertiary/aromatic N) is 6. The summed E-state index contributed by atoms with van der Waals surface area (Å²) in [7, 11) is 2.17. The second-order valence-corrected chi connectivity index (χ2v) is 8.34. The first kappa shape index (κ1) is 18.1. The third-order valence-corrected chi connectivity index (χ3v) is 6.45. The molecule has 0 saturated carbocycles. The zero-order valence-electron chi connectivity index (χ0n) is 16.5. The van der Waals surface area contributed by atoms with E-state index in [-0.39, 0.29) is 0 Å². The van der Waals surface area contributed by atoms with Gasteiger partial charge in [-0.2, -0.15) is 9.61 Å². The van der Waals surface area contributed by atoms with Gasteiger partial charge in [0.2, 0.25) is 0 Å². The van der Waals surface area contributed by atoms with Crippen LogP contribution in [0, 0.1) is 6.92 Å². The van der Waals surface area contributed by atoms with Gasteiger partial charge < -0.3 is 15.5 Å². The monoisotopic (exact) mass is 405 g/mol. The fraction of sp³-hybridized carbons (Fsp3) is 0.286. The summed E-state index contributed by atoms with van der Waals surface area (Å²) >= 11 is 1.56. The molecular weight excluding hydrogens is 382 g/mol. The van der Waals surface area contributed by atoms with Crippen LogP contribution in [0.5, 0.6) is 0 Å². The van der Waals surface area contributed by atoms with Crippen molar-refractivity contribution in [2.24, 2.45) is 0 Å². The maximum absolute atomic E-state index is 6.40. The molecule has 4 heterocycles. The van der Waals surface area contributed by atoms with Crippen LogP contribution in [0.15, 0.2) is 42.0 Å². The van der Waals surface area contributed by atoms with Gasteiger partial charge in [-0.1, -0.05) is 12.1 Å². The number of nitrogens with two attached hydrogens (primary N) is 1. The predicted molar refractivity (Wildman–Crippen MR) is 118 cm³/mol. The summed E-state index contributed by atoms with van der Waals surface area (Å²) in [6.45, 7) is 6.28. The molecule has 148 valence electrons. The number of thiazole rings is 1. The molecule has 0 amide bonds. The number of likely N-dealkylation sites (N-methyl/N-ethyl adjacent to an activating group) is 1. The molecule has 0 aliphatic carbocycles. The van der Waals surface area contributed by atoms with Crippen LogP contribution in [-0.2, 0) is 0 Å². The van der Waals surface area contributed by atoms with Gasteiger partial charge in [0.25, 0.3) is 0 Å². The van der Waals surface area contributed by atoms with E-state index in [0.717, 1.165) is 59.2 Å². The number of piperazine rings is 1. The van der Waals surface area contributed by atoms with Gasteiger partial charge in [0.15, 0.2) is 5.65 Å². The fourth-order valence-electron chi connectivity index (χ4n) is 3.71. The molecule has 3 aromatic heterocycles. The van der Waals surface area contributed by atoms with E-state index in [4.69, 9.17) is 5.73 Å². The minimum absolute atomic E-state index is 0.560. The summed E-state index contributed by atoms with van der Waals surface area (Å²) in [5.74, 6) is 0.560. The minimum Gasteiger partial charge on any atom is -0.383 e. The molecule has 7 nitrogen and oxygen atoms in total. The van der Waals surface area contributed by atoms with E-state index in [1.54, 1.807) is 22.0 Å². The zero-order chi connectivity index (χ0) is 20.0. The van der Waals surface area contributed by atoms with Crippen LogP contribution in [0.4, 0.5) is 11.5 Å². The average Bonchev–Trinajstić information content (AvgIpc) is 3.36. The number of anilines is 2. The van der Waals surface area contributed by atoms with Gasteiger partial charge >= 0.3 is 0 Å². The highest BCUT2D eigenvalue weighted by atomic mass is 32.1. The number of aryl methyl sites for hydroxylation is 1. The van der Waals surface area contributed by atoms with E-state index in [1.807, 2.05) is 18.5 Å². The first-order chi connectivity index (χ1) is 14.1. The van der Waals surface area contributed by atoms with Gasteiger partial charge in [-0.25, -0.2) is 9.97 Å². The largest absolute Gasteiger partial charge is 0.383 e. The number of rotatable bonds is 3. The molecule has 1 saturated heterocycles. The van der Waals surface area contributed by atoms with Crippen molar-refractivity contribution >= 4 is 28.5 Å². The van der Waals surface area contributed by atoms with Crippen LogP contribution >= 0.6 is 11.3 Å². The lowest BCUT2D eigenvalue weighted by atomic mass is 10.1. The van der Waals surface area contributed by atoms with Crippen LogP contribution in [0.3, 0.4) is 0 Å². The number of benzene rings is 1. The number of hydrogen-bond acceptors (Lipinski definition) is 7. The van der Waals surface area contributed by atoms with Crippen molar-refractivity contribution in [1.82, 2.24) is 24.5 Å². The summed E-state index contributed by atoms with van der Waals surface area (Å²) in [6.07, 6.45) is 3.63. The standard InChI is InChI=1S/C21H23N7S/c1-14-13-29-21(25-14)18-11-23-20-17(12-24-28(20)19(18)22)15-3-5-16(6-4-15)27-9-7-26(2)8-10-27/h3-6,11-13H,7-10,22H2,1-2H3. The van der Waals surface area contributed by atoms with Gasteiger partial charge in [-0.3, -0.25) is 0 Å². The highest BCUT2D eigenvalue weighted by Gasteiger charge is 2.17. The van der Waals surface area contributed by atoms with Gasteiger partial charge in [0.1, 0.15) is 10.8 Å². The molecule has 1 aliphatic heterocycles. The van der Waals surface area contributed by atoms with Crippen molar-refractivity contribution in [1.29, 1.82) is 0 Å². The van der Waals surface area contributed by atoms with Crippen LogP contribution in [0.2, 0.25) is 0 Å². The second-order valence-electron chi connectivity index (χ2n) is 7.48. The number of fused-ring (bicyclic) bond motifs is 1. The van der Waals surface area contributed by atoms with Crippen molar-refractivity contribution in [3.05, 3.63) is 47.7 Å². The lowest BCUT2D eigenvalue weighted by Crippen LogP contribution is -2.44. The topological polar surface area (TPSA) is 75.6 Å². The summed E-state index contributed by atoms with van der Waals surface area (Å²) in [5.41, 5.74) is 12.3. The smallest absolute Gasteiger partial charge is 0.165 e. The molecule has 1 aromatic carbocycles. The number of hydrogen-bond donors (Lipinski definition) is 1. The first-order valence-corrected chi connectivity index (χ1v) is 10.6. The SMILES string of the molecule is Cc1csc(-c2cnc3c(-c4ccc(N5CCN(C)CC5)cc4)cnn3c2N)n1. The Morgan fingerprint density at radius 1 is 1.00 bits per heavy atom. The Hall–Kier alpha value is -2.97. The predicted octanol–water partition coefficient (Wildman–Crippen LogP) is 3.16. The number of aromatic nitrogens is 4. The highest BCUT2D eigenvalue weighted by molar-refractivity contribution is 7.13. The summed E-state index contributed by atoms with van der Waals surface area (Å²) in [4.78, 5) is 14.0. The van der Waals surface area contributed by atoms with Gasteiger partial charge in [0, 0.05) is 54.7 Å². The quantitative estimate of drug-likeness (QED) is 0.564. The zero-order valence-corrected chi connectivity index (χ0v) is 17.4. The number of nitrogen functional groups attached to an aromatic ring is 1. The Morgan fingerprint density at radius 2 is 1.76 bits per heavy atom. The van der Waals surface area contributed by atoms with E-state index < -0.39 is 0 Å². The summed E-state index contributed by atoms with van der Waals surface area (Å²) < 4.78 is 1.70. The van der Waals surface area contributed by atoms with E-state index in [0.29, 0.717) is 5.82 Å². The van der Waals surface area contributed by atoms with E-state index in [9.17, 15) is 0 Å². The second kappa shape index (κ2) is 7.13. The van der Waals surface area contributed by atoms with Crippen LogP contribution < -0.4 is 10.6 Å². The molecule has 0 atom stereocenters. The molecule has 8 heteroatoms. The van der Waals surface area contributed by atoms with Crippen molar-refractivity contribution in [3.63, 3.8) is 0 Å². The maximum atomic E-state index is 6.40. The third-order valence-electron chi connectivity index (χ3n) is 5.46. The Balaban J connectivity index is 1.47. The molecule has 0 radical (unpaired) electrons. The molecule has 0 unspecified atom stereocenters. The van der Waals surface area contributed by atoms with Crippen molar-refractivity contribution < 1.29 is 0 Å². The molecule has 0 bridgehead atoms. The molecule has 5 rings (SSSR count). The molecule has 4 aromatic rings. The van der Waals surface area contributed by atoms with Gasteiger partial charge in [-0.05, 0) is 31.7 Å². The highest BCUT2D eigenvalue weighted by Crippen LogP contribution is 2.32. The van der Waals surface area contributed by atoms with Crippen LogP contribution in [-0.4, -0.2) is 57.7 Å². The molecule has 2 N–H and O–H groups in total. The first-order valence-electron chi connectivity index (χ1n) is 9.69. The lowest BCUT2D eigenvalue weighted by molar-refractivity contribution is 0.313. The molecule has 1 fully saturated rings. The Bertz CT molecular complexity index is 1150. The molecular formula is C21H23N7S. The Morgan fingerprint density at radius 3 is 2.45 bits per heavy atom. The molecule has 29 heavy (non-hydrogen) atoms. The minimum atomic E-state index is 0.560. The van der Waals surface area contributed by atoms with Crippen LogP contribution in [0.1, 0.15) is 5.69 Å². The summed E-state index contributed by atoms with van der Waals surface area (Å²) in [5, 5.41) is 7.37. The Labute approximate surface area is 173 Å². The van der Waals surface area contributed by atoms with E-state index in [1.165, 1.54) is 5.69 Å². The summed E-state index contributed by atoms with van der Waals surface area (Å²) in [6, 6.07) is 8.64. The third kappa shape index (κ3) is 3.24. The van der Waals surface area contributed by atoms with Crippen molar-refractivity contribution in [2.45, 2.75) is 6.92 Å². The van der Waals surface area contributed by atoms with Crippen molar-refractivity contribution in [2.75, 3.05) is 43.9 Å². The van der Waals surface area contributed by atoms with Gasteiger partial charge in [-0.15, -0.1) is 11.3 Å². The maximum Gasteiger partial charge on any atom is 0.165 e. The molecule has 0 spiro atoms. The normalized spacial score (nSPS) is 15.3. The average molecular weight is 406 g/mol. The lowest BCUT2D eigenvalue weighted by Gasteiger charge is -2.34. The fourth-order valence-corrected chi connectivity index (χ4v) is 4.53. The van der Waals surface area contributed by atoms with Crippen LogP contribution in [0.25, 0.3) is 27.3 Å². The van der Waals surface area contributed by atoms with Crippen molar-refractivity contribution in [3.8, 4) is 21.7 Å².